The van der Waals surface area contributed by atoms with Crippen molar-refractivity contribution in [1.82, 2.24) is 30.6 Å². The molecule has 4 rings (SSSR count). The van der Waals surface area contributed by atoms with Crippen LogP contribution in [0.1, 0.15) is 38.8 Å². The third kappa shape index (κ3) is 6.07. The van der Waals surface area contributed by atoms with Crippen molar-refractivity contribution in [2.45, 2.75) is 38.9 Å². The van der Waals surface area contributed by atoms with Crippen LogP contribution < -0.4 is 10.6 Å². The maximum atomic E-state index is 12.4. The molecule has 160 valence electrons. The van der Waals surface area contributed by atoms with Crippen LogP contribution in [-0.2, 0) is 17.9 Å². The van der Waals surface area contributed by atoms with Crippen molar-refractivity contribution in [3.05, 3.63) is 45.4 Å². The molecule has 1 aliphatic heterocycles. The van der Waals surface area contributed by atoms with Gasteiger partial charge in [-0.3, -0.25) is 19.4 Å². The quantitative estimate of drug-likeness (QED) is 0.656. The van der Waals surface area contributed by atoms with E-state index in [0.717, 1.165) is 49.6 Å². The highest BCUT2D eigenvalue weighted by Crippen LogP contribution is 2.18. The molecule has 1 saturated heterocycles. The molecule has 2 amide bonds. The van der Waals surface area contributed by atoms with Gasteiger partial charge in [-0.1, -0.05) is 41.2 Å². The van der Waals surface area contributed by atoms with Gasteiger partial charge >= 0.3 is 0 Å². The van der Waals surface area contributed by atoms with Crippen LogP contribution in [0.15, 0.2) is 24.3 Å². The van der Waals surface area contributed by atoms with E-state index in [1.54, 1.807) is 0 Å². The van der Waals surface area contributed by atoms with Crippen molar-refractivity contribution in [3.8, 4) is 0 Å². The molecule has 0 unspecified atom stereocenters. The molecule has 30 heavy (non-hydrogen) atoms. The average molecular weight is 429 g/mol. The highest BCUT2D eigenvalue weighted by Gasteiger charge is 2.25. The second kappa shape index (κ2) is 9.63. The highest BCUT2D eigenvalue weighted by atomic mass is 32.1. The van der Waals surface area contributed by atoms with Gasteiger partial charge in [-0.2, -0.15) is 0 Å². The van der Waals surface area contributed by atoms with Crippen LogP contribution in [0.3, 0.4) is 0 Å². The van der Waals surface area contributed by atoms with Crippen LogP contribution in [-0.4, -0.2) is 70.6 Å². The lowest BCUT2D eigenvalue weighted by Gasteiger charge is -2.33. The number of carbonyl (C=O) groups excluding carboxylic acids is 2. The van der Waals surface area contributed by atoms with Crippen LogP contribution in [0.4, 0.5) is 0 Å². The van der Waals surface area contributed by atoms with Gasteiger partial charge in [0.25, 0.3) is 5.91 Å². The Bertz CT molecular complexity index is 872. The summed E-state index contributed by atoms with van der Waals surface area (Å²) in [4.78, 5) is 28.8. The zero-order chi connectivity index (χ0) is 20.9. The third-order valence-electron chi connectivity index (χ3n) is 5.37. The predicted molar refractivity (Wildman–Crippen MR) is 115 cm³/mol. The fourth-order valence-electron chi connectivity index (χ4n) is 3.37. The summed E-state index contributed by atoms with van der Waals surface area (Å²) in [6.45, 7) is 7.17. The number of piperazine rings is 1. The van der Waals surface area contributed by atoms with Gasteiger partial charge in [0, 0.05) is 38.8 Å². The predicted octanol–water partition coefficient (Wildman–Crippen LogP) is 1.17. The van der Waals surface area contributed by atoms with Crippen molar-refractivity contribution in [2.24, 2.45) is 0 Å². The molecule has 8 nitrogen and oxygen atoms in total. The van der Waals surface area contributed by atoms with Crippen molar-refractivity contribution in [2.75, 3.05) is 32.7 Å². The summed E-state index contributed by atoms with van der Waals surface area (Å²) in [6.07, 6.45) is 2.24. The number of hydrogen-bond donors (Lipinski definition) is 2. The van der Waals surface area contributed by atoms with E-state index in [-0.39, 0.29) is 11.8 Å². The molecule has 1 aromatic carbocycles. The van der Waals surface area contributed by atoms with Crippen LogP contribution in [0.25, 0.3) is 0 Å². The van der Waals surface area contributed by atoms with Crippen molar-refractivity contribution in [3.63, 3.8) is 0 Å². The molecule has 2 N–H and O–H groups in total. The number of rotatable bonds is 8. The first-order valence-corrected chi connectivity index (χ1v) is 11.3. The molecule has 2 aliphatic rings. The van der Waals surface area contributed by atoms with Gasteiger partial charge in [0.1, 0.15) is 5.01 Å². The first kappa shape index (κ1) is 20.9. The molecular formula is C21H28N6O2S. The number of nitrogens with one attached hydrogen (secondary N) is 2. The summed E-state index contributed by atoms with van der Waals surface area (Å²) in [6, 6.07) is 8.50. The molecule has 0 spiro atoms. The number of aromatic nitrogens is 2. The largest absolute Gasteiger partial charge is 0.352 e. The van der Waals surface area contributed by atoms with E-state index in [1.807, 2.05) is 31.2 Å². The first-order chi connectivity index (χ1) is 14.5. The molecule has 1 aliphatic carbocycles. The average Bonchev–Trinajstić information content (AvgIpc) is 3.43. The monoisotopic (exact) mass is 428 g/mol. The third-order valence-corrected chi connectivity index (χ3v) is 6.27. The second-order valence-corrected chi connectivity index (χ2v) is 9.13. The lowest BCUT2D eigenvalue weighted by atomic mass is 10.1. The van der Waals surface area contributed by atoms with E-state index in [2.05, 4.69) is 30.6 Å². The molecule has 0 atom stereocenters. The van der Waals surface area contributed by atoms with Gasteiger partial charge in [0.05, 0.1) is 13.1 Å². The SMILES string of the molecule is Cc1ccc(CNC(=O)c2nnc(CN3CCN(CC(=O)NC4CC4)CC3)s2)cc1. The maximum Gasteiger partial charge on any atom is 0.282 e. The fourth-order valence-corrected chi connectivity index (χ4v) is 4.17. The summed E-state index contributed by atoms with van der Waals surface area (Å²) >= 11 is 1.34. The van der Waals surface area contributed by atoms with E-state index in [4.69, 9.17) is 0 Å². The van der Waals surface area contributed by atoms with Gasteiger partial charge in [-0.25, -0.2) is 0 Å². The minimum atomic E-state index is -0.189. The van der Waals surface area contributed by atoms with E-state index in [0.29, 0.717) is 30.7 Å². The Morgan fingerprint density at radius 1 is 1.07 bits per heavy atom. The van der Waals surface area contributed by atoms with Crippen LogP contribution >= 0.6 is 11.3 Å². The Hall–Kier alpha value is -2.36. The van der Waals surface area contributed by atoms with Gasteiger partial charge < -0.3 is 10.6 Å². The molecule has 2 fully saturated rings. The number of aryl methyl sites for hydroxylation is 1. The topological polar surface area (TPSA) is 90.5 Å². The normalized spacial score (nSPS) is 17.6. The minimum Gasteiger partial charge on any atom is -0.352 e. The fraction of sp³-hybridized carbons (Fsp3) is 0.524. The summed E-state index contributed by atoms with van der Waals surface area (Å²) in [5.41, 5.74) is 2.25. The Morgan fingerprint density at radius 3 is 2.47 bits per heavy atom. The Morgan fingerprint density at radius 2 is 1.77 bits per heavy atom. The Balaban J connectivity index is 1.19. The molecule has 0 bridgehead atoms. The van der Waals surface area contributed by atoms with E-state index < -0.39 is 0 Å². The molecule has 2 aromatic rings. The zero-order valence-corrected chi connectivity index (χ0v) is 18.1. The van der Waals surface area contributed by atoms with Crippen molar-refractivity contribution >= 4 is 23.2 Å². The Kier molecular flexibility index (Phi) is 6.71. The highest BCUT2D eigenvalue weighted by molar-refractivity contribution is 7.13. The van der Waals surface area contributed by atoms with Crippen LogP contribution in [0, 0.1) is 6.92 Å². The van der Waals surface area contributed by atoms with E-state index in [9.17, 15) is 9.59 Å². The molecule has 1 saturated carbocycles. The molecule has 0 radical (unpaired) electrons. The summed E-state index contributed by atoms with van der Waals surface area (Å²) in [5, 5.41) is 15.4. The van der Waals surface area contributed by atoms with E-state index in [1.165, 1.54) is 16.9 Å². The van der Waals surface area contributed by atoms with Gasteiger partial charge in [0.2, 0.25) is 10.9 Å². The molecule has 1 aromatic heterocycles. The number of amides is 2. The summed E-state index contributed by atoms with van der Waals surface area (Å²) in [7, 11) is 0. The number of nitrogens with zero attached hydrogens (tertiary/aromatic N) is 4. The molecule has 2 heterocycles. The van der Waals surface area contributed by atoms with Crippen LogP contribution in [0.5, 0.6) is 0 Å². The number of carbonyl (C=O) groups is 2. The van der Waals surface area contributed by atoms with Gasteiger partial charge in [-0.15, -0.1) is 10.2 Å². The van der Waals surface area contributed by atoms with E-state index >= 15 is 0 Å². The standard InChI is InChI=1S/C21H28N6O2S/c1-15-2-4-16(5-3-15)12-22-20(29)21-25-24-19(30-21)14-27-10-8-26(9-11-27)13-18(28)23-17-6-7-17/h2-5,17H,6-14H2,1H3,(H,22,29)(H,23,28). The second-order valence-electron chi connectivity index (χ2n) is 8.06. The molecule has 9 heteroatoms. The Labute approximate surface area is 180 Å². The maximum absolute atomic E-state index is 12.4. The summed E-state index contributed by atoms with van der Waals surface area (Å²) in [5.74, 6) is -0.0535. The van der Waals surface area contributed by atoms with Gasteiger partial charge in [-0.05, 0) is 25.3 Å². The van der Waals surface area contributed by atoms with Crippen LogP contribution in [0.2, 0.25) is 0 Å². The first-order valence-electron chi connectivity index (χ1n) is 10.5. The zero-order valence-electron chi connectivity index (χ0n) is 17.3. The smallest absolute Gasteiger partial charge is 0.282 e. The lowest BCUT2D eigenvalue weighted by molar-refractivity contribution is -0.122. The number of benzene rings is 1. The lowest BCUT2D eigenvalue weighted by Crippen LogP contribution is -2.49. The van der Waals surface area contributed by atoms with Gasteiger partial charge in [0.15, 0.2) is 0 Å². The van der Waals surface area contributed by atoms with Crippen molar-refractivity contribution < 1.29 is 9.59 Å². The molecular weight excluding hydrogens is 400 g/mol. The summed E-state index contributed by atoms with van der Waals surface area (Å²) < 4.78 is 0. The number of hydrogen-bond acceptors (Lipinski definition) is 7. The van der Waals surface area contributed by atoms with Crippen molar-refractivity contribution in [1.29, 1.82) is 0 Å². The minimum absolute atomic E-state index is 0.136.